The molecule has 2 aromatic rings. The molecular formula is C13H17ClN4O. The number of aromatic nitrogens is 3. The Hall–Kier alpha value is -1.33. The number of halogens is 1. The molecule has 1 aliphatic heterocycles. The second kappa shape index (κ2) is 4.98. The van der Waals surface area contributed by atoms with E-state index >= 15 is 0 Å². The Morgan fingerprint density at radius 1 is 1.47 bits per heavy atom. The van der Waals surface area contributed by atoms with Crippen molar-refractivity contribution in [2.75, 3.05) is 13.1 Å². The van der Waals surface area contributed by atoms with Crippen LogP contribution in [0, 0.1) is 5.92 Å². The van der Waals surface area contributed by atoms with Gasteiger partial charge in [0.2, 0.25) is 0 Å². The van der Waals surface area contributed by atoms with Gasteiger partial charge in [0.15, 0.2) is 5.65 Å². The predicted octanol–water partition coefficient (Wildman–Crippen LogP) is 2.35. The molecule has 3 rings (SSSR count). The van der Waals surface area contributed by atoms with E-state index in [4.69, 9.17) is 11.6 Å². The fraction of sp³-hybridized carbons (Fsp3) is 0.538. The molecule has 0 amide bonds. The molecule has 1 aliphatic rings. The lowest BCUT2D eigenvalue weighted by molar-refractivity contribution is 0.259. The molecule has 0 aliphatic carbocycles. The summed E-state index contributed by atoms with van der Waals surface area (Å²) in [6.45, 7) is 4.18. The summed E-state index contributed by atoms with van der Waals surface area (Å²) in [5, 5.41) is 14.0. The number of piperidine rings is 1. The van der Waals surface area contributed by atoms with Crippen LogP contribution in [0.5, 0.6) is 6.01 Å². The van der Waals surface area contributed by atoms with Crippen LogP contribution < -0.4 is 5.32 Å². The molecule has 0 saturated carbocycles. The minimum Gasteiger partial charge on any atom is -0.480 e. The largest absolute Gasteiger partial charge is 0.480 e. The second-order valence-corrected chi connectivity index (χ2v) is 5.54. The highest BCUT2D eigenvalue weighted by atomic mass is 35.5. The molecule has 1 atom stereocenters. The monoisotopic (exact) mass is 280 g/mol. The molecule has 1 fully saturated rings. The van der Waals surface area contributed by atoms with E-state index in [9.17, 15) is 5.11 Å². The Labute approximate surface area is 116 Å². The topological polar surface area (TPSA) is 63.0 Å². The van der Waals surface area contributed by atoms with E-state index in [1.165, 1.54) is 0 Å². The predicted molar refractivity (Wildman–Crippen MR) is 74.5 cm³/mol. The van der Waals surface area contributed by atoms with Crippen LogP contribution in [-0.4, -0.2) is 32.7 Å². The standard InChI is InChI=1S/C13H17ClN4O/c1-8(9-2-4-15-5-3-9)18-11-6-10(14)7-16-12(11)17-13(18)19/h6-9,15H,2-5H2,1H3,(H,16,17,19). The summed E-state index contributed by atoms with van der Waals surface area (Å²) in [4.78, 5) is 8.26. The Morgan fingerprint density at radius 3 is 2.95 bits per heavy atom. The maximum Gasteiger partial charge on any atom is 0.296 e. The number of imidazole rings is 1. The molecule has 0 bridgehead atoms. The molecule has 102 valence electrons. The summed E-state index contributed by atoms with van der Waals surface area (Å²) in [6, 6.07) is 2.02. The van der Waals surface area contributed by atoms with Crippen LogP contribution in [0.4, 0.5) is 0 Å². The highest BCUT2D eigenvalue weighted by molar-refractivity contribution is 6.31. The molecule has 0 radical (unpaired) electrons. The fourth-order valence-corrected chi connectivity index (χ4v) is 3.03. The lowest BCUT2D eigenvalue weighted by Gasteiger charge is -2.29. The maximum atomic E-state index is 10.1. The molecule has 2 N–H and O–H groups in total. The van der Waals surface area contributed by atoms with Crippen molar-refractivity contribution < 1.29 is 5.11 Å². The van der Waals surface area contributed by atoms with Gasteiger partial charge in [0.25, 0.3) is 6.01 Å². The van der Waals surface area contributed by atoms with Crippen molar-refractivity contribution >= 4 is 22.8 Å². The normalized spacial score (nSPS) is 18.8. The first-order chi connectivity index (χ1) is 9.16. The maximum absolute atomic E-state index is 10.1. The van der Waals surface area contributed by atoms with Crippen LogP contribution in [-0.2, 0) is 0 Å². The van der Waals surface area contributed by atoms with E-state index in [0.717, 1.165) is 31.4 Å². The first-order valence-corrected chi connectivity index (χ1v) is 6.98. The number of fused-ring (bicyclic) bond motifs is 1. The van der Waals surface area contributed by atoms with Crippen molar-refractivity contribution in [2.45, 2.75) is 25.8 Å². The molecule has 0 spiro atoms. The van der Waals surface area contributed by atoms with E-state index in [1.807, 2.05) is 10.6 Å². The zero-order valence-electron chi connectivity index (χ0n) is 10.8. The van der Waals surface area contributed by atoms with Gasteiger partial charge in [0, 0.05) is 12.2 Å². The van der Waals surface area contributed by atoms with Gasteiger partial charge in [-0.3, -0.25) is 4.57 Å². The van der Waals surface area contributed by atoms with Crippen molar-refractivity contribution in [3.05, 3.63) is 17.3 Å². The Morgan fingerprint density at radius 2 is 2.21 bits per heavy atom. The first kappa shape index (κ1) is 12.7. The van der Waals surface area contributed by atoms with E-state index < -0.39 is 0 Å². The van der Waals surface area contributed by atoms with Crippen molar-refractivity contribution in [1.82, 2.24) is 19.9 Å². The number of pyridine rings is 1. The van der Waals surface area contributed by atoms with Crippen molar-refractivity contribution in [2.24, 2.45) is 5.92 Å². The molecule has 2 aromatic heterocycles. The summed E-state index contributed by atoms with van der Waals surface area (Å²) in [5.74, 6) is 0.531. The summed E-state index contributed by atoms with van der Waals surface area (Å²) in [5.41, 5.74) is 1.35. The van der Waals surface area contributed by atoms with Gasteiger partial charge < -0.3 is 10.4 Å². The highest BCUT2D eigenvalue weighted by Gasteiger charge is 2.25. The number of nitrogens with one attached hydrogen (secondary N) is 1. The van der Waals surface area contributed by atoms with Gasteiger partial charge in [-0.15, -0.1) is 0 Å². The van der Waals surface area contributed by atoms with Gasteiger partial charge in [0.05, 0.1) is 10.5 Å². The van der Waals surface area contributed by atoms with Gasteiger partial charge in [0.1, 0.15) is 0 Å². The summed E-state index contributed by atoms with van der Waals surface area (Å²) < 4.78 is 1.85. The van der Waals surface area contributed by atoms with Gasteiger partial charge >= 0.3 is 0 Å². The number of rotatable bonds is 2. The Balaban J connectivity index is 2.02. The highest BCUT2D eigenvalue weighted by Crippen LogP contribution is 2.33. The minimum absolute atomic E-state index is 0.0239. The first-order valence-electron chi connectivity index (χ1n) is 6.60. The van der Waals surface area contributed by atoms with Crippen LogP contribution in [0.1, 0.15) is 25.8 Å². The average molecular weight is 281 g/mol. The van der Waals surface area contributed by atoms with Crippen molar-refractivity contribution in [3.63, 3.8) is 0 Å². The van der Waals surface area contributed by atoms with E-state index in [-0.39, 0.29) is 12.1 Å². The molecule has 0 aromatic carbocycles. The SMILES string of the molecule is CC(C1CCNCC1)n1c(O)nc2ncc(Cl)cc21. The molecule has 1 saturated heterocycles. The van der Waals surface area contributed by atoms with Crippen LogP contribution >= 0.6 is 11.6 Å². The average Bonchev–Trinajstić information content (AvgIpc) is 2.74. The number of aromatic hydroxyl groups is 1. The molecular weight excluding hydrogens is 264 g/mol. The third-order valence-electron chi connectivity index (χ3n) is 3.97. The van der Waals surface area contributed by atoms with Gasteiger partial charge in [-0.25, -0.2) is 4.98 Å². The second-order valence-electron chi connectivity index (χ2n) is 5.11. The third kappa shape index (κ3) is 2.28. The lowest BCUT2D eigenvalue weighted by atomic mass is 9.91. The summed E-state index contributed by atoms with van der Waals surface area (Å²) in [7, 11) is 0. The Bertz CT molecular complexity index is 592. The number of hydrogen-bond donors (Lipinski definition) is 2. The summed E-state index contributed by atoms with van der Waals surface area (Å²) in [6.07, 6.45) is 3.76. The number of nitrogens with zero attached hydrogens (tertiary/aromatic N) is 3. The minimum atomic E-state index is 0.0239. The van der Waals surface area contributed by atoms with E-state index in [1.54, 1.807) is 6.20 Å². The molecule has 5 nitrogen and oxygen atoms in total. The van der Waals surface area contributed by atoms with E-state index in [2.05, 4.69) is 22.2 Å². The fourth-order valence-electron chi connectivity index (χ4n) is 2.88. The van der Waals surface area contributed by atoms with Crippen molar-refractivity contribution in [1.29, 1.82) is 0 Å². The molecule has 3 heterocycles. The Kier molecular flexibility index (Phi) is 3.33. The molecule has 19 heavy (non-hydrogen) atoms. The van der Waals surface area contributed by atoms with Gasteiger partial charge in [-0.1, -0.05) is 11.6 Å². The quantitative estimate of drug-likeness (QED) is 0.886. The molecule has 6 heteroatoms. The van der Waals surface area contributed by atoms with Crippen LogP contribution in [0.15, 0.2) is 12.3 Å². The summed E-state index contributed by atoms with van der Waals surface area (Å²) >= 11 is 6.00. The zero-order chi connectivity index (χ0) is 13.4. The van der Waals surface area contributed by atoms with Gasteiger partial charge in [-0.2, -0.15) is 4.98 Å². The number of hydrogen-bond acceptors (Lipinski definition) is 4. The van der Waals surface area contributed by atoms with Crippen LogP contribution in [0.25, 0.3) is 11.2 Å². The van der Waals surface area contributed by atoms with E-state index in [0.29, 0.717) is 16.6 Å². The van der Waals surface area contributed by atoms with Crippen LogP contribution in [0.2, 0.25) is 5.02 Å². The third-order valence-corrected chi connectivity index (χ3v) is 4.17. The smallest absolute Gasteiger partial charge is 0.296 e. The van der Waals surface area contributed by atoms with Crippen molar-refractivity contribution in [3.8, 4) is 6.01 Å². The van der Waals surface area contributed by atoms with Gasteiger partial charge in [-0.05, 0) is 44.8 Å². The lowest BCUT2D eigenvalue weighted by Crippen LogP contribution is -2.31. The molecule has 1 unspecified atom stereocenters. The zero-order valence-corrected chi connectivity index (χ0v) is 11.6. The van der Waals surface area contributed by atoms with Crippen LogP contribution in [0.3, 0.4) is 0 Å².